The Balaban J connectivity index is -0.000000579. The second-order valence-electron chi connectivity index (χ2n) is 21.1. The number of aliphatic carboxylic acids is 8. The van der Waals surface area contributed by atoms with Gasteiger partial charge in [0.1, 0.15) is 0 Å². The van der Waals surface area contributed by atoms with E-state index in [1.807, 2.05) is 0 Å². The van der Waals surface area contributed by atoms with E-state index >= 15 is 0 Å². The van der Waals surface area contributed by atoms with Gasteiger partial charge in [0, 0.05) is 51.4 Å². The zero-order chi connectivity index (χ0) is 86.8. The number of carbonyl (C=O) groups is 20. The van der Waals surface area contributed by atoms with Crippen LogP contribution in [-0.4, -0.2) is 222 Å². The van der Waals surface area contributed by atoms with Gasteiger partial charge in [-0.2, -0.15) is 0 Å². The quantitative estimate of drug-likeness (QED) is 0.0175. The molecular formula is C72H76O40. The van der Waals surface area contributed by atoms with E-state index in [4.69, 9.17) is 102 Å². The molecule has 0 saturated heterocycles. The zero-order valence-corrected chi connectivity index (χ0v) is 58.3. The number of aromatic carboxylic acids is 12. The second kappa shape index (κ2) is 58.9. The summed E-state index contributed by atoms with van der Waals surface area (Å²) in [6.45, 7) is 0. The molecule has 6 aromatic rings. The number of hydrogen-bond donors (Lipinski definition) is 20. The Bertz CT molecular complexity index is 3210. The first kappa shape index (κ1) is 103. The van der Waals surface area contributed by atoms with Crippen molar-refractivity contribution in [3.8, 4) is 0 Å². The molecule has 0 aliphatic heterocycles. The molecule has 0 fully saturated rings. The Kier molecular flexibility index (Phi) is 54.2. The highest BCUT2D eigenvalue weighted by molar-refractivity contribution is 5.95. The lowest BCUT2D eigenvalue weighted by Gasteiger charge is -1.94. The van der Waals surface area contributed by atoms with E-state index in [2.05, 4.69) is 0 Å². The van der Waals surface area contributed by atoms with Crippen LogP contribution in [0.2, 0.25) is 0 Å². The van der Waals surface area contributed by atoms with Crippen LogP contribution in [0.25, 0.3) is 0 Å². The van der Waals surface area contributed by atoms with E-state index < -0.39 is 119 Å². The normalized spacial score (nSPS) is 9.29. The maximum atomic E-state index is 10.3. The van der Waals surface area contributed by atoms with Crippen LogP contribution in [0.5, 0.6) is 0 Å². The van der Waals surface area contributed by atoms with Gasteiger partial charge in [0.2, 0.25) is 0 Å². The summed E-state index contributed by atoms with van der Waals surface area (Å²) in [6.07, 6.45) is 4.07. The van der Waals surface area contributed by atoms with Crippen molar-refractivity contribution < 1.29 is 198 Å². The van der Waals surface area contributed by atoms with Crippen molar-refractivity contribution in [2.45, 2.75) is 103 Å². The molecule has 0 atom stereocenters. The van der Waals surface area contributed by atoms with Crippen LogP contribution >= 0.6 is 0 Å². The highest BCUT2D eigenvalue weighted by Crippen LogP contribution is 2.10. The molecule has 0 radical (unpaired) electrons. The summed E-state index contributed by atoms with van der Waals surface area (Å²) in [5.41, 5.74) is 1.00. The first-order valence-electron chi connectivity index (χ1n) is 31.3. The molecule has 0 spiro atoms. The number of rotatable bonds is 32. The fourth-order valence-corrected chi connectivity index (χ4v) is 6.74. The number of carboxylic acid groups (broad SMARTS) is 20. The Hall–Kier alpha value is -15.3. The molecule has 0 aliphatic carbocycles. The fourth-order valence-electron chi connectivity index (χ4n) is 6.74. The maximum absolute atomic E-state index is 10.3. The van der Waals surface area contributed by atoms with E-state index in [9.17, 15) is 95.9 Å². The van der Waals surface area contributed by atoms with Gasteiger partial charge >= 0.3 is 119 Å². The Morgan fingerprint density at radius 2 is 0.179 bits per heavy atom. The summed E-state index contributed by atoms with van der Waals surface area (Å²) in [5.74, 6) is -19.7. The summed E-state index contributed by atoms with van der Waals surface area (Å²) in [7, 11) is 0. The molecule has 604 valence electrons. The molecule has 0 saturated carbocycles. The molecule has 0 unspecified atom stereocenters. The highest BCUT2D eigenvalue weighted by Gasteiger charge is 2.11. The molecule has 40 nitrogen and oxygen atoms in total. The lowest BCUT2D eigenvalue weighted by molar-refractivity contribution is -0.139. The smallest absolute Gasteiger partial charge is 0.335 e. The third kappa shape index (κ3) is 57.1. The summed E-state index contributed by atoms with van der Waals surface area (Å²) in [5, 5.41) is 167. The zero-order valence-electron chi connectivity index (χ0n) is 58.3. The largest absolute Gasteiger partial charge is 0.481 e. The number of benzene rings is 6. The monoisotopic (exact) mass is 1580 g/mol. The van der Waals surface area contributed by atoms with Crippen molar-refractivity contribution in [3.63, 3.8) is 0 Å². The van der Waals surface area contributed by atoms with Crippen LogP contribution in [0.1, 0.15) is 227 Å². The van der Waals surface area contributed by atoms with Crippen molar-refractivity contribution in [1.82, 2.24) is 0 Å². The van der Waals surface area contributed by atoms with Gasteiger partial charge in [-0.25, -0.2) is 57.5 Å². The van der Waals surface area contributed by atoms with Crippen LogP contribution in [-0.2, 0) is 38.4 Å². The summed E-state index contributed by atoms with van der Waals surface area (Å²) >= 11 is 0. The van der Waals surface area contributed by atoms with Gasteiger partial charge in [-0.3, -0.25) is 38.4 Å². The van der Waals surface area contributed by atoms with E-state index in [1.165, 1.54) is 146 Å². The molecule has 0 heterocycles. The predicted octanol–water partition coefficient (Wildman–Crippen LogP) is 9.36. The van der Waals surface area contributed by atoms with Crippen LogP contribution in [0.15, 0.2) is 146 Å². The average molecular weight is 1580 g/mol. The fraction of sp³-hybridized carbons (Fsp3) is 0.222. The van der Waals surface area contributed by atoms with Gasteiger partial charge in [-0.1, -0.05) is 0 Å². The van der Waals surface area contributed by atoms with E-state index in [0.29, 0.717) is 51.4 Å². The molecule has 20 N–H and O–H groups in total. The molecule has 0 bridgehead atoms. The van der Waals surface area contributed by atoms with Gasteiger partial charge in [-0.15, -0.1) is 0 Å². The molecule has 0 amide bonds. The van der Waals surface area contributed by atoms with Gasteiger partial charge in [-0.05, 0) is 197 Å². The molecule has 112 heavy (non-hydrogen) atoms. The molecular weight excluding hydrogens is 1500 g/mol. The standard InChI is InChI=1S/6C8H6O4.4C6H10O4/c6*9-7(10)5-1-2-6(4-3-5)8(11)12;4*7-5(8)3-1-2-4-6(9)10/h6*1-4H,(H,9,10)(H,11,12);4*1-4H2,(H,7,8)(H,9,10). The Labute approximate surface area is 630 Å². The van der Waals surface area contributed by atoms with E-state index in [1.54, 1.807) is 0 Å². The third-order valence-electron chi connectivity index (χ3n) is 12.4. The first-order valence-corrected chi connectivity index (χ1v) is 31.3. The predicted molar refractivity (Wildman–Crippen MR) is 377 cm³/mol. The number of hydrogen-bond acceptors (Lipinski definition) is 20. The van der Waals surface area contributed by atoms with Crippen LogP contribution in [0, 0.1) is 0 Å². The third-order valence-corrected chi connectivity index (χ3v) is 12.4. The van der Waals surface area contributed by atoms with Crippen molar-refractivity contribution in [2.75, 3.05) is 0 Å². The number of unbranched alkanes of at least 4 members (excludes halogenated alkanes) is 4. The minimum atomic E-state index is -1.06. The Morgan fingerprint density at radius 3 is 0.214 bits per heavy atom. The molecule has 0 aliphatic rings. The lowest BCUT2D eigenvalue weighted by atomic mass is 10.1. The van der Waals surface area contributed by atoms with Crippen LogP contribution < -0.4 is 0 Å². The van der Waals surface area contributed by atoms with Crippen molar-refractivity contribution in [3.05, 3.63) is 212 Å². The van der Waals surface area contributed by atoms with Gasteiger partial charge in [0.05, 0.1) is 66.8 Å². The van der Waals surface area contributed by atoms with Crippen LogP contribution in [0.3, 0.4) is 0 Å². The van der Waals surface area contributed by atoms with E-state index in [0.717, 1.165) is 0 Å². The molecule has 6 aromatic carbocycles. The van der Waals surface area contributed by atoms with Gasteiger partial charge in [0.15, 0.2) is 0 Å². The summed E-state index contributed by atoms with van der Waals surface area (Å²) in [4.78, 5) is 203. The average Bonchev–Trinajstić information content (AvgIpc) is 0.924. The summed E-state index contributed by atoms with van der Waals surface area (Å²) < 4.78 is 0. The minimum absolute atomic E-state index is 0.0628. The maximum Gasteiger partial charge on any atom is 0.335 e. The van der Waals surface area contributed by atoms with Crippen molar-refractivity contribution >= 4 is 119 Å². The van der Waals surface area contributed by atoms with Crippen LogP contribution in [0.4, 0.5) is 0 Å². The SMILES string of the molecule is O=C(O)CCCCC(=O)O.O=C(O)CCCCC(=O)O.O=C(O)CCCCC(=O)O.O=C(O)CCCCC(=O)O.O=C(O)c1ccc(C(=O)O)cc1.O=C(O)c1ccc(C(=O)O)cc1.O=C(O)c1ccc(C(=O)O)cc1.O=C(O)c1ccc(C(=O)O)cc1.O=C(O)c1ccc(C(=O)O)cc1.O=C(O)c1ccc(C(=O)O)cc1. The second-order valence-corrected chi connectivity index (χ2v) is 21.1. The van der Waals surface area contributed by atoms with Gasteiger partial charge in [0.25, 0.3) is 0 Å². The molecule has 40 heteroatoms. The van der Waals surface area contributed by atoms with E-state index in [-0.39, 0.29) is 118 Å². The molecule has 6 rings (SSSR count). The lowest BCUT2D eigenvalue weighted by Crippen LogP contribution is -1.99. The number of carboxylic acids is 20. The minimum Gasteiger partial charge on any atom is -0.481 e. The van der Waals surface area contributed by atoms with Crippen molar-refractivity contribution in [1.29, 1.82) is 0 Å². The van der Waals surface area contributed by atoms with Crippen molar-refractivity contribution in [2.24, 2.45) is 0 Å². The highest BCUT2D eigenvalue weighted by atomic mass is 16.4. The topological polar surface area (TPSA) is 746 Å². The van der Waals surface area contributed by atoms with Gasteiger partial charge < -0.3 is 102 Å². The summed E-state index contributed by atoms with van der Waals surface area (Å²) in [6, 6.07) is 30.1. The first-order chi connectivity index (χ1) is 52.2. The molecule has 0 aromatic heterocycles. The Morgan fingerprint density at radius 1 is 0.125 bits per heavy atom.